The van der Waals surface area contributed by atoms with Crippen LogP contribution in [0, 0.1) is 10.1 Å². The van der Waals surface area contributed by atoms with Crippen molar-refractivity contribution in [2.45, 2.75) is 0 Å². The van der Waals surface area contributed by atoms with Gasteiger partial charge in [0.1, 0.15) is 12.7 Å². The zero-order valence-electron chi connectivity index (χ0n) is 7.38. The van der Waals surface area contributed by atoms with Gasteiger partial charge in [-0.3, -0.25) is 0 Å². The minimum atomic E-state index is -0.440. The number of nitrogens with zero attached hydrogens (tertiary/aromatic N) is 3. The Morgan fingerprint density at radius 1 is 1.64 bits per heavy atom. The third-order valence-electron chi connectivity index (χ3n) is 1.82. The van der Waals surface area contributed by atoms with Gasteiger partial charge in [-0.05, 0) is 16.4 Å². The first kappa shape index (κ1) is 8.89. The minimum absolute atomic E-state index is 0.00778. The fraction of sp³-hybridized carbons (Fsp3) is 0.125. The first-order chi connectivity index (χ1) is 6.68. The van der Waals surface area contributed by atoms with Gasteiger partial charge in [0.2, 0.25) is 0 Å². The Labute approximate surface area is 83.8 Å². The first-order valence-electron chi connectivity index (χ1n) is 3.91. The van der Waals surface area contributed by atoms with Gasteiger partial charge in [0.25, 0.3) is 0 Å². The van der Waals surface area contributed by atoms with Crippen LogP contribution in [0.2, 0.25) is 0 Å². The van der Waals surface area contributed by atoms with Crippen molar-refractivity contribution >= 4 is 17.2 Å². The first-order valence-corrected chi connectivity index (χ1v) is 4.79. The van der Waals surface area contributed by atoms with Gasteiger partial charge < -0.3 is 10.1 Å². The van der Waals surface area contributed by atoms with Gasteiger partial charge in [0.05, 0.1) is 10.9 Å². The average Bonchev–Trinajstić information content (AvgIpc) is 2.70. The number of hydrogen-bond acceptors (Lipinski definition) is 4. The van der Waals surface area contributed by atoms with E-state index in [9.17, 15) is 10.1 Å². The molecule has 14 heavy (non-hydrogen) atoms. The van der Waals surface area contributed by atoms with Crippen molar-refractivity contribution in [2.24, 2.45) is 7.05 Å². The molecule has 0 saturated carbocycles. The minimum Gasteiger partial charge on any atom is -0.358 e. The van der Waals surface area contributed by atoms with Crippen LogP contribution >= 0.6 is 11.3 Å². The third kappa shape index (κ3) is 1.39. The van der Waals surface area contributed by atoms with Crippen LogP contribution in [-0.2, 0) is 7.05 Å². The SMILES string of the molecule is Cn1nc(-c2cccs2)cc1[N+](=O)[O-]. The smallest absolute Gasteiger partial charge is 0.345 e. The molecule has 2 aromatic heterocycles. The van der Waals surface area contributed by atoms with E-state index in [4.69, 9.17) is 0 Å². The third-order valence-corrected chi connectivity index (χ3v) is 2.71. The molecule has 0 atom stereocenters. The Morgan fingerprint density at radius 2 is 2.43 bits per heavy atom. The second kappa shape index (κ2) is 3.22. The highest BCUT2D eigenvalue weighted by Gasteiger charge is 2.15. The van der Waals surface area contributed by atoms with Gasteiger partial charge in [-0.2, -0.15) is 0 Å². The average molecular weight is 209 g/mol. The van der Waals surface area contributed by atoms with Crippen LogP contribution in [0.3, 0.4) is 0 Å². The molecule has 6 heteroatoms. The van der Waals surface area contributed by atoms with Gasteiger partial charge in [-0.1, -0.05) is 11.2 Å². The lowest BCUT2D eigenvalue weighted by atomic mass is 10.3. The maximum atomic E-state index is 10.6. The van der Waals surface area contributed by atoms with Gasteiger partial charge >= 0.3 is 5.82 Å². The van der Waals surface area contributed by atoms with Crippen LogP contribution in [0.25, 0.3) is 10.6 Å². The summed E-state index contributed by atoms with van der Waals surface area (Å²) in [6.45, 7) is 0. The number of thiophene rings is 1. The number of aromatic nitrogens is 2. The molecule has 5 nitrogen and oxygen atoms in total. The molecular formula is C8H7N3O2S. The molecule has 2 heterocycles. The van der Waals surface area contributed by atoms with Gasteiger partial charge in [0.15, 0.2) is 0 Å². The lowest BCUT2D eigenvalue weighted by Crippen LogP contribution is -1.97. The monoisotopic (exact) mass is 209 g/mol. The molecule has 0 spiro atoms. The van der Waals surface area contributed by atoms with Crippen molar-refractivity contribution < 1.29 is 4.92 Å². The molecule has 0 aliphatic heterocycles. The normalized spacial score (nSPS) is 10.4. The Balaban J connectivity index is 2.48. The molecule has 0 unspecified atom stereocenters. The van der Waals surface area contributed by atoms with Crippen molar-refractivity contribution in [3.63, 3.8) is 0 Å². The van der Waals surface area contributed by atoms with Crippen molar-refractivity contribution in [2.75, 3.05) is 0 Å². The van der Waals surface area contributed by atoms with Crippen molar-refractivity contribution in [3.8, 4) is 10.6 Å². The van der Waals surface area contributed by atoms with E-state index in [1.165, 1.54) is 22.1 Å². The second-order valence-electron chi connectivity index (χ2n) is 2.75. The molecule has 0 aliphatic carbocycles. The summed E-state index contributed by atoms with van der Waals surface area (Å²) in [7, 11) is 1.56. The van der Waals surface area contributed by atoms with E-state index in [2.05, 4.69) is 5.10 Å². The van der Waals surface area contributed by atoms with Crippen LogP contribution in [-0.4, -0.2) is 14.7 Å². The summed E-state index contributed by atoms with van der Waals surface area (Å²) in [5.74, 6) is 0.00778. The fourth-order valence-electron chi connectivity index (χ4n) is 1.17. The molecule has 2 aromatic rings. The standard InChI is InChI=1S/C8H7N3O2S/c1-10-8(11(12)13)5-6(9-10)7-3-2-4-14-7/h2-5H,1H3. The molecule has 0 aliphatic rings. The molecular weight excluding hydrogens is 202 g/mol. The molecule has 72 valence electrons. The van der Waals surface area contributed by atoms with Gasteiger partial charge in [-0.15, -0.1) is 16.0 Å². The zero-order valence-corrected chi connectivity index (χ0v) is 8.19. The van der Waals surface area contributed by atoms with E-state index >= 15 is 0 Å². The Kier molecular flexibility index (Phi) is 2.05. The quantitative estimate of drug-likeness (QED) is 0.561. The number of hydrogen-bond donors (Lipinski definition) is 0. The van der Waals surface area contributed by atoms with Crippen molar-refractivity contribution in [1.29, 1.82) is 0 Å². The largest absolute Gasteiger partial charge is 0.358 e. The predicted octanol–water partition coefficient (Wildman–Crippen LogP) is 2.06. The summed E-state index contributed by atoms with van der Waals surface area (Å²) in [5, 5.41) is 16.5. The molecule has 0 aromatic carbocycles. The molecule has 0 fully saturated rings. The maximum Gasteiger partial charge on any atom is 0.345 e. The Hall–Kier alpha value is -1.69. The zero-order chi connectivity index (χ0) is 10.1. The van der Waals surface area contributed by atoms with E-state index in [-0.39, 0.29) is 5.82 Å². The van der Waals surface area contributed by atoms with Gasteiger partial charge in [0, 0.05) is 0 Å². The molecule has 0 radical (unpaired) electrons. The second-order valence-corrected chi connectivity index (χ2v) is 3.69. The fourth-order valence-corrected chi connectivity index (χ4v) is 1.85. The summed E-state index contributed by atoms with van der Waals surface area (Å²) >= 11 is 1.51. The van der Waals surface area contributed by atoms with Crippen LogP contribution in [0.1, 0.15) is 0 Å². The summed E-state index contributed by atoms with van der Waals surface area (Å²) in [6.07, 6.45) is 0. The van der Waals surface area contributed by atoms with Crippen molar-refractivity contribution in [3.05, 3.63) is 33.7 Å². The summed E-state index contributed by atoms with van der Waals surface area (Å²) in [5.41, 5.74) is 0.647. The molecule has 0 saturated heterocycles. The molecule has 0 N–H and O–H groups in total. The highest BCUT2D eigenvalue weighted by Crippen LogP contribution is 2.26. The van der Waals surface area contributed by atoms with E-state index < -0.39 is 4.92 Å². The topological polar surface area (TPSA) is 61.0 Å². The van der Waals surface area contributed by atoms with E-state index in [0.29, 0.717) is 5.69 Å². The predicted molar refractivity (Wildman–Crippen MR) is 53.2 cm³/mol. The molecule has 2 rings (SSSR count). The summed E-state index contributed by atoms with van der Waals surface area (Å²) in [4.78, 5) is 11.1. The highest BCUT2D eigenvalue weighted by atomic mass is 32.1. The Morgan fingerprint density at radius 3 is 2.93 bits per heavy atom. The lowest BCUT2D eigenvalue weighted by Gasteiger charge is -1.89. The summed E-state index contributed by atoms with van der Waals surface area (Å²) in [6, 6.07) is 5.25. The maximum absolute atomic E-state index is 10.6. The van der Waals surface area contributed by atoms with Crippen LogP contribution in [0.5, 0.6) is 0 Å². The van der Waals surface area contributed by atoms with Gasteiger partial charge in [-0.25, -0.2) is 0 Å². The van der Waals surface area contributed by atoms with Crippen molar-refractivity contribution in [1.82, 2.24) is 9.78 Å². The number of rotatable bonds is 2. The molecule has 0 amide bonds. The Bertz CT molecular complexity index is 461. The van der Waals surface area contributed by atoms with E-state index in [1.807, 2.05) is 17.5 Å². The van der Waals surface area contributed by atoms with Crippen LogP contribution in [0.15, 0.2) is 23.6 Å². The van der Waals surface area contributed by atoms with Crippen LogP contribution < -0.4 is 0 Å². The molecule has 0 bridgehead atoms. The highest BCUT2D eigenvalue weighted by molar-refractivity contribution is 7.13. The number of nitro groups is 1. The lowest BCUT2D eigenvalue weighted by molar-refractivity contribution is -0.392. The number of aryl methyl sites for hydroxylation is 1. The van der Waals surface area contributed by atoms with E-state index in [1.54, 1.807) is 7.05 Å². The van der Waals surface area contributed by atoms with Crippen LogP contribution in [0.4, 0.5) is 5.82 Å². The summed E-state index contributed by atoms with van der Waals surface area (Å²) < 4.78 is 1.27. The van der Waals surface area contributed by atoms with E-state index in [0.717, 1.165) is 4.88 Å².